The van der Waals surface area contributed by atoms with E-state index in [0.29, 0.717) is 17.1 Å². The molecule has 0 aliphatic carbocycles. The number of sulfonamides is 2. The number of benzene rings is 4. The number of anilines is 3. The summed E-state index contributed by atoms with van der Waals surface area (Å²) >= 11 is 0. The van der Waals surface area contributed by atoms with Crippen molar-refractivity contribution in [3.63, 3.8) is 0 Å². The lowest BCUT2D eigenvalue weighted by molar-refractivity contribution is 0.102. The molecule has 0 atom stereocenters. The summed E-state index contributed by atoms with van der Waals surface area (Å²) in [6.45, 7) is 0. The van der Waals surface area contributed by atoms with E-state index in [-0.39, 0.29) is 21.0 Å². The van der Waals surface area contributed by atoms with Crippen molar-refractivity contribution in [3.05, 3.63) is 109 Å². The number of carbonyl (C=O) groups is 1. The Morgan fingerprint density at radius 3 is 1.92 bits per heavy atom. The second-order valence-electron chi connectivity index (χ2n) is 8.12. The molecule has 2 N–H and O–H groups in total. The van der Waals surface area contributed by atoms with Crippen LogP contribution in [0.4, 0.5) is 17.1 Å². The fraction of sp³-hybridized carbons (Fsp3) is 0.0741. The lowest BCUT2D eigenvalue weighted by Crippen LogP contribution is -2.29. The van der Waals surface area contributed by atoms with Crippen molar-refractivity contribution in [1.82, 2.24) is 0 Å². The molecule has 0 fully saturated rings. The van der Waals surface area contributed by atoms with Gasteiger partial charge in [-0.3, -0.25) is 13.8 Å². The van der Waals surface area contributed by atoms with E-state index in [9.17, 15) is 21.6 Å². The van der Waals surface area contributed by atoms with Crippen LogP contribution in [-0.4, -0.2) is 36.9 Å². The molecule has 0 spiro atoms. The van der Waals surface area contributed by atoms with E-state index in [1.807, 2.05) is 0 Å². The Bertz CT molecular complexity index is 1640. The summed E-state index contributed by atoms with van der Waals surface area (Å²) in [5.74, 6) is 0.0427. The van der Waals surface area contributed by atoms with Crippen LogP contribution in [0.5, 0.6) is 5.75 Å². The monoisotopic (exact) mass is 551 g/mol. The first-order chi connectivity index (χ1) is 18.1. The SMILES string of the molecule is COc1ccc(NS(=O)(=O)c2ccc(NC(=O)c3ccccc3N(C)S(=O)(=O)c3ccccc3)cc2)cc1. The number of rotatable bonds is 9. The number of nitrogens with zero attached hydrogens (tertiary/aromatic N) is 1. The molecule has 0 aromatic heterocycles. The smallest absolute Gasteiger partial charge is 0.264 e. The predicted molar refractivity (Wildman–Crippen MR) is 147 cm³/mol. The van der Waals surface area contributed by atoms with Gasteiger partial charge in [-0.15, -0.1) is 0 Å². The zero-order chi connectivity index (χ0) is 27.3. The molecular formula is C27H25N3O6S2. The van der Waals surface area contributed by atoms with E-state index < -0.39 is 26.0 Å². The molecule has 0 radical (unpaired) electrons. The minimum atomic E-state index is -3.90. The molecule has 196 valence electrons. The topological polar surface area (TPSA) is 122 Å². The Morgan fingerprint density at radius 1 is 0.711 bits per heavy atom. The summed E-state index contributed by atoms with van der Waals surface area (Å²) in [6.07, 6.45) is 0. The highest BCUT2D eigenvalue weighted by Gasteiger charge is 2.25. The lowest BCUT2D eigenvalue weighted by Gasteiger charge is -2.22. The molecule has 9 nitrogen and oxygen atoms in total. The molecule has 0 aliphatic rings. The van der Waals surface area contributed by atoms with E-state index in [0.717, 1.165) is 4.31 Å². The van der Waals surface area contributed by atoms with Crippen LogP contribution in [0.1, 0.15) is 10.4 Å². The van der Waals surface area contributed by atoms with Gasteiger partial charge in [-0.2, -0.15) is 0 Å². The second kappa shape index (κ2) is 11.0. The molecule has 0 aliphatic heterocycles. The minimum absolute atomic E-state index is 0.000375. The number of para-hydroxylation sites is 1. The first-order valence-corrected chi connectivity index (χ1v) is 14.3. The highest BCUT2D eigenvalue weighted by molar-refractivity contribution is 7.93. The Kier molecular flexibility index (Phi) is 7.70. The number of hydrogen-bond acceptors (Lipinski definition) is 6. The normalized spacial score (nSPS) is 11.4. The average Bonchev–Trinajstić information content (AvgIpc) is 2.93. The van der Waals surface area contributed by atoms with E-state index in [4.69, 9.17) is 4.74 Å². The minimum Gasteiger partial charge on any atom is -0.497 e. The van der Waals surface area contributed by atoms with Crippen molar-refractivity contribution in [1.29, 1.82) is 0 Å². The summed E-state index contributed by atoms with van der Waals surface area (Å²) < 4.78 is 60.3. The molecule has 4 rings (SSSR count). The van der Waals surface area contributed by atoms with Gasteiger partial charge in [-0.05, 0) is 72.8 Å². The maximum Gasteiger partial charge on any atom is 0.264 e. The third kappa shape index (κ3) is 5.79. The molecule has 38 heavy (non-hydrogen) atoms. The Balaban J connectivity index is 1.51. The van der Waals surface area contributed by atoms with Gasteiger partial charge in [-0.25, -0.2) is 16.8 Å². The van der Waals surface area contributed by atoms with Crippen molar-refractivity contribution in [2.24, 2.45) is 0 Å². The fourth-order valence-corrected chi connectivity index (χ4v) is 5.90. The van der Waals surface area contributed by atoms with Crippen LogP contribution in [-0.2, 0) is 20.0 Å². The highest BCUT2D eigenvalue weighted by Crippen LogP contribution is 2.27. The summed E-state index contributed by atoms with van der Waals surface area (Å²) in [5.41, 5.74) is 1.03. The molecular weight excluding hydrogens is 526 g/mol. The third-order valence-electron chi connectivity index (χ3n) is 5.65. The Hall–Kier alpha value is -4.35. The van der Waals surface area contributed by atoms with Gasteiger partial charge in [0.1, 0.15) is 5.75 Å². The van der Waals surface area contributed by atoms with E-state index in [1.54, 1.807) is 54.6 Å². The van der Waals surface area contributed by atoms with Gasteiger partial charge in [0.25, 0.3) is 26.0 Å². The number of ether oxygens (including phenoxy) is 1. The average molecular weight is 552 g/mol. The highest BCUT2D eigenvalue weighted by atomic mass is 32.2. The van der Waals surface area contributed by atoms with Crippen molar-refractivity contribution in [3.8, 4) is 5.75 Å². The molecule has 11 heteroatoms. The first kappa shape index (κ1) is 26.7. The summed E-state index contributed by atoms with van der Waals surface area (Å²) in [6, 6.07) is 26.3. The van der Waals surface area contributed by atoms with Gasteiger partial charge in [0.05, 0.1) is 28.2 Å². The quantitative estimate of drug-likeness (QED) is 0.314. The van der Waals surface area contributed by atoms with Crippen LogP contribution in [0.3, 0.4) is 0 Å². The molecule has 0 heterocycles. The van der Waals surface area contributed by atoms with Crippen molar-refractivity contribution >= 4 is 43.0 Å². The number of nitrogens with one attached hydrogen (secondary N) is 2. The predicted octanol–water partition coefficient (Wildman–Crippen LogP) is 4.57. The molecule has 0 saturated heterocycles. The van der Waals surface area contributed by atoms with Crippen LogP contribution in [0.2, 0.25) is 0 Å². The van der Waals surface area contributed by atoms with E-state index in [1.165, 1.54) is 62.7 Å². The number of methoxy groups -OCH3 is 1. The van der Waals surface area contributed by atoms with Crippen molar-refractivity contribution < 1.29 is 26.4 Å². The van der Waals surface area contributed by atoms with Gasteiger partial charge in [-0.1, -0.05) is 30.3 Å². The van der Waals surface area contributed by atoms with Crippen LogP contribution in [0.15, 0.2) is 113 Å². The maximum atomic E-state index is 13.1. The summed E-state index contributed by atoms with van der Waals surface area (Å²) in [7, 11) is -4.87. The van der Waals surface area contributed by atoms with Crippen LogP contribution in [0, 0.1) is 0 Å². The maximum absolute atomic E-state index is 13.1. The molecule has 4 aromatic rings. The number of carbonyl (C=O) groups excluding carboxylic acids is 1. The molecule has 1 amide bonds. The van der Waals surface area contributed by atoms with Gasteiger partial charge in [0, 0.05) is 18.4 Å². The number of hydrogen-bond donors (Lipinski definition) is 2. The second-order valence-corrected chi connectivity index (χ2v) is 11.8. The summed E-state index contributed by atoms with van der Waals surface area (Å²) in [5, 5.41) is 2.70. The van der Waals surface area contributed by atoms with Crippen LogP contribution < -0.4 is 19.1 Å². The van der Waals surface area contributed by atoms with Crippen molar-refractivity contribution in [2.45, 2.75) is 9.79 Å². The number of amides is 1. The standard InChI is InChI=1S/C27H25N3O6S2/c1-30(38(34,35)24-8-4-3-5-9-24)26-11-7-6-10-25(26)27(31)28-20-14-18-23(19-15-20)37(32,33)29-21-12-16-22(36-2)17-13-21/h3-19,29H,1-2H3,(H,28,31). The largest absolute Gasteiger partial charge is 0.497 e. The molecule has 0 saturated carbocycles. The zero-order valence-electron chi connectivity index (χ0n) is 20.5. The van der Waals surface area contributed by atoms with E-state index in [2.05, 4.69) is 10.0 Å². The Morgan fingerprint density at radius 2 is 1.29 bits per heavy atom. The third-order valence-corrected chi connectivity index (χ3v) is 8.84. The van der Waals surface area contributed by atoms with E-state index >= 15 is 0 Å². The first-order valence-electron chi connectivity index (χ1n) is 11.3. The molecule has 0 unspecified atom stereocenters. The lowest BCUT2D eigenvalue weighted by atomic mass is 10.1. The fourth-order valence-electron chi connectivity index (χ4n) is 3.61. The van der Waals surface area contributed by atoms with Gasteiger partial charge in [0.15, 0.2) is 0 Å². The van der Waals surface area contributed by atoms with Crippen LogP contribution >= 0.6 is 0 Å². The Labute approximate surface area is 221 Å². The molecule has 0 bridgehead atoms. The van der Waals surface area contributed by atoms with Crippen molar-refractivity contribution in [2.75, 3.05) is 28.5 Å². The summed E-state index contributed by atoms with van der Waals surface area (Å²) in [4.78, 5) is 13.2. The molecule has 4 aromatic carbocycles. The van der Waals surface area contributed by atoms with Crippen LogP contribution in [0.25, 0.3) is 0 Å². The van der Waals surface area contributed by atoms with Gasteiger partial charge >= 0.3 is 0 Å². The van der Waals surface area contributed by atoms with Gasteiger partial charge < -0.3 is 10.1 Å². The van der Waals surface area contributed by atoms with Gasteiger partial charge in [0.2, 0.25) is 0 Å². The zero-order valence-corrected chi connectivity index (χ0v) is 22.2.